The van der Waals surface area contributed by atoms with Gasteiger partial charge in [-0.1, -0.05) is 49.7 Å². The average molecular weight is 584 g/mol. The molecule has 0 N–H and O–H groups in total. The molecule has 0 spiro atoms. The SMILES string of the molecule is CCN(CC)CCN1C(=O)C(OC(=O)c2ccc(Cl)cc2[N+](=O)[O-])C(c2ccc(OC)cc2)Sc2ccccc21. The van der Waals surface area contributed by atoms with Crippen molar-refractivity contribution in [2.24, 2.45) is 0 Å². The smallest absolute Gasteiger partial charge is 0.346 e. The number of likely N-dealkylation sites (N-methyl/N-ethyl adjacent to an activating group) is 1. The molecular formula is C29H30ClN3O6S. The molecule has 1 aliphatic heterocycles. The van der Waals surface area contributed by atoms with E-state index in [1.54, 1.807) is 24.1 Å². The number of halogens is 1. The summed E-state index contributed by atoms with van der Waals surface area (Å²) in [6.07, 6.45) is -1.27. The van der Waals surface area contributed by atoms with E-state index in [2.05, 4.69) is 18.7 Å². The van der Waals surface area contributed by atoms with Gasteiger partial charge >= 0.3 is 5.97 Å². The number of carbonyl (C=O) groups is 2. The van der Waals surface area contributed by atoms with Crippen LogP contribution in [0, 0.1) is 10.1 Å². The van der Waals surface area contributed by atoms with Crippen LogP contribution in [0.4, 0.5) is 11.4 Å². The highest BCUT2D eigenvalue weighted by Gasteiger charge is 2.42. The fraction of sp³-hybridized carbons (Fsp3) is 0.310. The minimum absolute atomic E-state index is 0.110. The summed E-state index contributed by atoms with van der Waals surface area (Å²) in [5.41, 5.74) is 0.688. The summed E-state index contributed by atoms with van der Waals surface area (Å²) in [6.45, 7) is 6.75. The highest BCUT2D eigenvalue weighted by Crippen LogP contribution is 2.47. The first-order chi connectivity index (χ1) is 19.3. The van der Waals surface area contributed by atoms with Crippen molar-refractivity contribution in [3.05, 3.63) is 93.0 Å². The number of amides is 1. The Morgan fingerprint density at radius 2 is 1.80 bits per heavy atom. The van der Waals surface area contributed by atoms with Gasteiger partial charge in [-0.3, -0.25) is 14.9 Å². The van der Waals surface area contributed by atoms with Gasteiger partial charge in [0, 0.05) is 29.1 Å². The molecule has 0 aliphatic carbocycles. The molecule has 3 aromatic rings. The van der Waals surface area contributed by atoms with E-state index in [0.717, 1.165) is 35.3 Å². The maximum Gasteiger partial charge on any atom is 0.346 e. The second-order valence-corrected chi connectivity index (χ2v) is 10.7. The molecule has 0 saturated carbocycles. The molecule has 0 fully saturated rings. The third kappa shape index (κ3) is 6.41. The van der Waals surface area contributed by atoms with Crippen molar-refractivity contribution in [1.29, 1.82) is 0 Å². The lowest BCUT2D eigenvalue weighted by atomic mass is 10.0. The number of thioether (sulfide) groups is 1. The Labute approximate surface area is 242 Å². The number of para-hydroxylation sites is 1. The number of nitro benzene ring substituents is 1. The number of anilines is 1. The normalized spacial score (nSPS) is 16.8. The minimum Gasteiger partial charge on any atom is -0.497 e. The zero-order valence-electron chi connectivity index (χ0n) is 22.4. The number of ether oxygens (including phenoxy) is 2. The van der Waals surface area contributed by atoms with Gasteiger partial charge in [-0.2, -0.15) is 0 Å². The number of esters is 1. The fourth-order valence-electron chi connectivity index (χ4n) is 4.55. The Morgan fingerprint density at radius 1 is 1.10 bits per heavy atom. The maximum absolute atomic E-state index is 14.3. The van der Waals surface area contributed by atoms with E-state index in [9.17, 15) is 19.7 Å². The van der Waals surface area contributed by atoms with E-state index in [4.69, 9.17) is 21.1 Å². The van der Waals surface area contributed by atoms with Gasteiger partial charge in [0.15, 0.2) is 6.10 Å². The quantitative estimate of drug-likeness (QED) is 0.163. The van der Waals surface area contributed by atoms with Crippen molar-refractivity contribution in [2.45, 2.75) is 30.1 Å². The summed E-state index contributed by atoms with van der Waals surface area (Å²) in [4.78, 5) is 43.4. The van der Waals surface area contributed by atoms with Crippen molar-refractivity contribution in [3.8, 4) is 5.75 Å². The van der Waals surface area contributed by atoms with Crippen molar-refractivity contribution >= 4 is 46.6 Å². The van der Waals surface area contributed by atoms with Crippen LogP contribution in [-0.4, -0.2) is 61.1 Å². The van der Waals surface area contributed by atoms with Gasteiger partial charge in [-0.05, 0) is 55.1 Å². The molecule has 1 heterocycles. The first kappa shape index (κ1) is 29.4. The van der Waals surface area contributed by atoms with Crippen LogP contribution in [0.25, 0.3) is 0 Å². The van der Waals surface area contributed by atoms with Crippen molar-refractivity contribution in [2.75, 3.05) is 38.2 Å². The summed E-state index contributed by atoms with van der Waals surface area (Å²) in [5.74, 6) is -0.744. The molecule has 1 amide bonds. The molecule has 3 aromatic carbocycles. The molecule has 40 heavy (non-hydrogen) atoms. The number of hydrogen-bond acceptors (Lipinski definition) is 8. The molecule has 0 saturated heterocycles. The molecule has 2 unspecified atom stereocenters. The lowest BCUT2D eigenvalue weighted by Gasteiger charge is -2.29. The Hall–Kier alpha value is -3.60. The van der Waals surface area contributed by atoms with E-state index in [0.29, 0.717) is 18.8 Å². The first-order valence-corrected chi connectivity index (χ1v) is 14.1. The van der Waals surface area contributed by atoms with Crippen LogP contribution in [-0.2, 0) is 9.53 Å². The molecule has 210 valence electrons. The van der Waals surface area contributed by atoms with Crippen LogP contribution < -0.4 is 9.64 Å². The number of carbonyl (C=O) groups excluding carboxylic acids is 2. The predicted molar refractivity (Wildman–Crippen MR) is 155 cm³/mol. The Bertz CT molecular complexity index is 1380. The number of rotatable bonds is 10. The van der Waals surface area contributed by atoms with Crippen LogP contribution in [0.2, 0.25) is 5.02 Å². The molecule has 9 nitrogen and oxygen atoms in total. The maximum atomic E-state index is 14.3. The van der Waals surface area contributed by atoms with Gasteiger partial charge in [-0.15, -0.1) is 11.8 Å². The number of nitro groups is 1. The van der Waals surface area contributed by atoms with Crippen LogP contribution in [0.1, 0.15) is 35.0 Å². The molecule has 1 aliphatic rings. The van der Waals surface area contributed by atoms with Gasteiger partial charge in [0.05, 0.1) is 23.0 Å². The molecular weight excluding hydrogens is 554 g/mol. The molecule has 4 rings (SSSR count). The van der Waals surface area contributed by atoms with Crippen LogP contribution >= 0.6 is 23.4 Å². The molecule has 0 aromatic heterocycles. The van der Waals surface area contributed by atoms with Crippen molar-refractivity contribution < 1.29 is 24.0 Å². The van der Waals surface area contributed by atoms with Gasteiger partial charge in [-0.25, -0.2) is 4.79 Å². The standard InChI is InChI=1S/C29H30ClN3O6S/c1-4-31(5-2)16-17-32-23-8-6-7-9-25(23)40-27(19-10-13-21(38-3)14-11-19)26(28(32)34)39-29(35)22-15-12-20(30)18-24(22)33(36)37/h6-15,18,26-27H,4-5,16-17H2,1-3H3. The van der Waals surface area contributed by atoms with E-state index in [-0.39, 0.29) is 10.6 Å². The summed E-state index contributed by atoms with van der Waals surface area (Å²) >= 11 is 7.36. The second-order valence-electron chi connectivity index (χ2n) is 9.04. The largest absolute Gasteiger partial charge is 0.497 e. The summed E-state index contributed by atoms with van der Waals surface area (Å²) in [6, 6.07) is 18.5. The zero-order chi connectivity index (χ0) is 28.8. The molecule has 0 radical (unpaired) electrons. The predicted octanol–water partition coefficient (Wildman–Crippen LogP) is 6.00. The van der Waals surface area contributed by atoms with Gasteiger partial charge in [0.25, 0.3) is 11.6 Å². The lowest BCUT2D eigenvalue weighted by molar-refractivity contribution is -0.385. The average Bonchev–Trinajstić information content (AvgIpc) is 3.08. The van der Waals surface area contributed by atoms with Crippen molar-refractivity contribution in [1.82, 2.24) is 4.90 Å². The number of benzene rings is 3. The molecule has 11 heteroatoms. The van der Waals surface area contributed by atoms with Crippen LogP contribution in [0.3, 0.4) is 0 Å². The minimum atomic E-state index is -1.27. The fourth-order valence-corrected chi connectivity index (χ4v) is 6.03. The summed E-state index contributed by atoms with van der Waals surface area (Å²) < 4.78 is 11.2. The third-order valence-corrected chi connectivity index (χ3v) is 8.39. The first-order valence-electron chi connectivity index (χ1n) is 12.9. The van der Waals surface area contributed by atoms with Gasteiger partial charge in [0.1, 0.15) is 11.3 Å². The Morgan fingerprint density at radius 3 is 2.45 bits per heavy atom. The Kier molecular flexibility index (Phi) is 9.67. The van der Waals surface area contributed by atoms with Crippen LogP contribution in [0.15, 0.2) is 71.6 Å². The van der Waals surface area contributed by atoms with Gasteiger partial charge in [0.2, 0.25) is 0 Å². The van der Waals surface area contributed by atoms with E-state index in [1.807, 2.05) is 36.4 Å². The monoisotopic (exact) mass is 583 g/mol. The highest BCUT2D eigenvalue weighted by molar-refractivity contribution is 7.99. The molecule has 0 bridgehead atoms. The topological polar surface area (TPSA) is 102 Å². The summed E-state index contributed by atoms with van der Waals surface area (Å²) in [7, 11) is 1.56. The zero-order valence-corrected chi connectivity index (χ0v) is 24.0. The van der Waals surface area contributed by atoms with Crippen LogP contribution in [0.5, 0.6) is 5.75 Å². The lowest BCUT2D eigenvalue weighted by Crippen LogP contribution is -2.46. The number of methoxy groups -OCH3 is 1. The highest BCUT2D eigenvalue weighted by atomic mass is 35.5. The molecule has 2 atom stereocenters. The van der Waals surface area contributed by atoms with E-state index < -0.39 is 33.8 Å². The van der Waals surface area contributed by atoms with Crippen molar-refractivity contribution in [3.63, 3.8) is 0 Å². The van der Waals surface area contributed by atoms with E-state index in [1.165, 1.54) is 23.9 Å². The number of nitrogens with zero attached hydrogens (tertiary/aromatic N) is 3. The number of hydrogen-bond donors (Lipinski definition) is 0. The van der Waals surface area contributed by atoms with E-state index >= 15 is 0 Å². The van der Waals surface area contributed by atoms with Gasteiger partial charge < -0.3 is 19.3 Å². The summed E-state index contributed by atoms with van der Waals surface area (Å²) in [5, 5.41) is 11.2. The second kappa shape index (κ2) is 13.2. The Balaban J connectivity index is 1.79. The third-order valence-electron chi connectivity index (χ3n) is 6.78. The number of fused-ring (bicyclic) bond motifs is 1.